The zero-order valence-electron chi connectivity index (χ0n) is 21.5. The van der Waals surface area contributed by atoms with Crippen LogP contribution in [0.1, 0.15) is 43.6 Å². The van der Waals surface area contributed by atoms with Gasteiger partial charge in [0.25, 0.3) is 5.91 Å². The van der Waals surface area contributed by atoms with Gasteiger partial charge in [0, 0.05) is 19.2 Å². The molecule has 2 aromatic heterocycles. The summed E-state index contributed by atoms with van der Waals surface area (Å²) in [5.41, 5.74) is 7.04. The first kappa shape index (κ1) is 28.5. The molecule has 2 heterocycles. The van der Waals surface area contributed by atoms with E-state index in [2.05, 4.69) is 31.3 Å². The molecule has 0 aliphatic heterocycles. The van der Waals surface area contributed by atoms with Gasteiger partial charge in [0.1, 0.15) is 22.1 Å². The Morgan fingerprint density at radius 3 is 2.62 bits per heavy atom. The minimum Gasteiger partial charge on any atom is -0.493 e. The van der Waals surface area contributed by atoms with E-state index in [0.717, 1.165) is 10.0 Å². The minimum absolute atomic E-state index is 0.0914. The first-order chi connectivity index (χ1) is 17.3. The van der Waals surface area contributed by atoms with Gasteiger partial charge in [-0.05, 0) is 61.3 Å². The van der Waals surface area contributed by atoms with Crippen LogP contribution in [-0.4, -0.2) is 59.0 Å². The Morgan fingerprint density at radius 2 is 2.00 bits per heavy atom. The molecule has 0 bridgehead atoms. The molecule has 0 spiro atoms. The van der Waals surface area contributed by atoms with E-state index in [0.29, 0.717) is 23.9 Å². The first-order valence-corrected chi connectivity index (χ1v) is 12.5. The Balaban J connectivity index is 1.68. The predicted octanol–water partition coefficient (Wildman–Crippen LogP) is 4.44. The standard InChI is InChI=1S/C24H30BrClN6O5/c1-13(11-36-12-14-7-16(25)20(35-6)17(27)8-14)29-22(33)15-10-28-32-19(9-18(26)30-21(15)32)31(5)23(34)37-24(2,3)4/h7-10,13H,11-12,27H2,1-6H3,(H,29,33)/t13-/m1/s1. The van der Waals surface area contributed by atoms with Crippen LogP contribution in [0.25, 0.3) is 5.65 Å². The smallest absolute Gasteiger partial charge is 0.415 e. The van der Waals surface area contributed by atoms with Crippen molar-refractivity contribution < 1.29 is 23.8 Å². The van der Waals surface area contributed by atoms with E-state index >= 15 is 0 Å². The van der Waals surface area contributed by atoms with E-state index in [1.807, 2.05) is 13.0 Å². The molecule has 1 aromatic carbocycles. The quantitative estimate of drug-likeness (QED) is 0.288. The highest BCUT2D eigenvalue weighted by Gasteiger charge is 2.25. The SMILES string of the molecule is COc1c(N)cc(COC[C@@H](C)NC(=O)c2cnn3c(N(C)C(=O)OC(C)(C)C)cc(Cl)nc23)cc1Br. The Bertz CT molecular complexity index is 1290. The van der Waals surface area contributed by atoms with Crippen molar-refractivity contribution in [3.8, 4) is 5.75 Å². The number of hydrogen-bond acceptors (Lipinski definition) is 8. The summed E-state index contributed by atoms with van der Waals surface area (Å²) in [5.74, 6) is 0.444. The van der Waals surface area contributed by atoms with Crippen LogP contribution in [0.5, 0.6) is 5.75 Å². The van der Waals surface area contributed by atoms with Gasteiger partial charge in [-0.3, -0.25) is 9.69 Å². The van der Waals surface area contributed by atoms with Crippen LogP contribution in [0.15, 0.2) is 28.9 Å². The van der Waals surface area contributed by atoms with Crippen molar-refractivity contribution in [2.45, 2.75) is 45.9 Å². The lowest BCUT2D eigenvalue weighted by Gasteiger charge is -2.24. The summed E-state index contributed by atoms with van der Waals surface area (Å²) in [5, 5.41) is 7.20. The highest BCUT2D eigenvalue weighted by atomic mass is 79.9. The number of aromatic nitrogens is 3. The van der Waals surface area contributed by atoms with Crippen molar-refractivity contribution in [3.63, 3.8) is 0 Å². The maximum Gasteiger partial charge on any atom is 0.415 e. The monoisotopic (exact) mass is 596 g/mol. The van der Waals surface area contributed by atoms with Gasteiger partial charge in [-0.15, -0.1) is 0 Å². The second-order valence-electron chi connectivity index (χ2n) is 9.36. The molecule has 2 amide bonds. The molecule has 3 aromatic rings. The van der Waals surface area contributed by atoms with Crippen LogP contribution in [0.4, 0.5) is 16.3 Å². The van der Waals surface area contributed by atoms with Gasteiger partial charge in [0.15, 0.2) is 11.4 Å². The molecule has 0 saturated carbocycles. The lowest BCUT2D eigenvalue weighted by atomic mass is 10.2. The Hall–Kier alpha value is -3.09. The highest BCUT2D eigenvalue weighted by molar-refractivity contribution is 9.10. The van der Waals surface area contributed by atoms with Crippen LogP contribution < -0.4 is 20.7 Å². The van der Waals surface area contributed by atoms with Crippen LogP contribution in [0.2, 0.25) is 5.15 Å². The molecule has 3 N–H and O–H groups in total. The maximum atomic E-state index is 13.0. The van der Waals surface area contributed by atoms with E-state index in [9.17, 15) is 9.59 Å². The van der Waals surface area contributed by atoms with Gasteiger partial charge < -0.3 is 25.3 Å². The number of nitrogens with zero attached hydrogens (tertiary/aromatic N) is 4. The second-order valence-corrected chi connectivity index (χ2v) is 10.6. The zero-order chi connectivity index (χ0) is 27.5. The van der Waals surface area contributed by atoms with Gasteiger partial charge in [-0.1, -0.05) is 11.6 Å². The maximum absolute atomic E-state index is 13.0. The van der Waals surface area contributed by atoms with E-state index in [4.69, 9.17) is 31.5 Å². The molecule has 0 fully saturated rings. The van der Waals surface area contributed by atoms with E-state index < -0.39 is 17.6 Å². The van der Waals surface area contributed by atoms with Crippen LogP contribution >= 0.6 is 27.5 Å². The molecule has 0 aliphatic rings. The number of hydrogen-bond donors (Lipinski definition) is 2. The molecule has 37 heavy (non-hydrogen) atoms. The van der Waals surface area contributed by atoms with Gasteiger partial charge >= 0.3 is 6.09 Å². The Kier molecular flexibility index (Phi) is 8.88. The number of nitrogens with two attached hydrogens (primary N) is 1. The number of carbonyl (C=O) groups is 2. The molecule has 11 nitrogen and oxygen atoms in total. The molecular weight excluding hydrogens is 568 g/mol. The number of amides is 2. The van der Waals surface area contributed by atoms with Crippen molar-refractivity contribution in [1.29, 1.82) is 0 Å². The van der Waals surface area contributed by atoms with E-state index in [1.165, 1.54) is 28.7 Å². The fraction of sp³-hybridized carbons (Fsp3) is 0.417. The number of carbonyl (C=O) groups excluding carboxylic acids is 2. The highest BCUT2D eigenvalue weighted by Crippen LogP contribution is 2.32. The summed E-state index contributed by atoms with van der Waals surface area (Å²) in [4.78, 5) is 31.0. The van der Waals surface area contributed by atoms with E-state index in [-0.39, 0.29) is 29.0 Å². The molecule has 0 unspecified atom stereocenters. The van der Waals surface area contributed by atoms with Crippen molar-refractivity contribution in [2.24, 2.45) is 0 Å². The molecule has 1 atom stereocenters. The predicted molar refractivity (Wildman–Crippen MR) is 144 cm³/mol. The van der Waals surface area contributed by atoms with Crippen LogP contribution in [-0.2, 0) is 16.1 Å². The third-order valence-electron chi connectivity index (χ3n) is 5.03. The third kappa shape index (κ3) is 7.02. The van der Waals surface area contributed by atoms with E-state index in [1.54, 1.807) is 33.9 Å². The van der Waals surface area contributed by atoms with Crippen molar-refractivity contribution in [1.82, 2.24) is 19.9 Å². The number of nitrogen functional groups attached to an aromatic ring is 1. The van der Waals surface area contributed by atoms with Crippen molar-refractivity contribution in [3.05, 3.63) is 45.1 Å². The van der Waals surface area contributed by atoms with Crippen molar-refractivity contribution >= 4 is 56.7 Å². The summed E-state index contributed by atoms with van der Waals surface area (Å²) in [6.07, 6.45) is 0.764. The molecule has 0 saturated heterocycles. The number of nitrogens with one attached hydrogen (secondary N) is 1. The van der Waals surface area contributed by atoms with Gasteiger partial charge in [-0.25, -0.2) is 9.78 Å². The van der Waals surface area contributed by atoms with Crippen molar-refractivity contribution in [2.75, 3.05) is 31.4 Å². The largest absolute Gasteiger partial charge is 0.493 e. The Morgan fingerprint density at radius 1 is 1.30 bits per heavy atom. The topological polar surface area (TPSA) is 133 Å². The molecule has 3 rings (SSSR count). The summed E-state index contributed by atoms with van der Waals surface area (Å²) >= 11 is 9.63. The summed E-state index contributed by atoms with van der Waals surface area (Å²) < 4.78 is 18.5. The van der Waals surface area contributed by atoms with Gasteiger partial charge in [0.05, 0.1) is 36.7 Å². The minimum atomic E-state index is -0.689. The average Bonchev–Trinajstić information content (AvgIpc) is 3.20. The summed E-state index contributed by atoms with van der Waals surface area (Å²) in [7, 11) is 3.07. The summed E-state index contributed by atoms with van der Waals surface area (Å²) in [6.45, 7) is 7.64. The number of ether oxygens (including phenoxy) is 3. The van der Waals surface area contributed by atoms with Crippen LogP contribution in [0.3, 0.4) is 0 Å². The fourth-order valence-electron chi connectivity index (χ4n) is 3.41. The number of rotatable bonds is 8. The number of halogens is 2. The molecule has 13 heteroatoms. The molecular formula is C24H30BrClN6O5. The van der Waals surface area contributed by atoms with Gasteiger partial charge in [0.2, 0.25) is 0 Å². The number of anilines is 2. The molecule has 0 aliphatic carbocycles. The lowest BCUT2D eigenvalue weighted by molar-refractivity contribution is 0.0587. The average molecular weight is 598 g/mol. The van der Waals surface area contributed by atoms with Crippen LogP contribution in [0, 0.1) is 0 Å². The second kappa shape index (κ2) is 11.5. The number of methoxy groups -OCH3 is 1. The third-order valence-corrected chi connectivity index (χ3v) is 5.81. The zero-order valence-corrected chi connectivity index (χ0v) is 23.8. The molecule has 0 radical (unpaired) electrons. The fourth-order valence-corrected chi connectivity index (χ4v) is 4.27. The molecule has 200 valence electrons. The summed E-state index contributed by atoms with van der Waals surface area (Å²) in [6, 6.07) is 4.77. The Labute approximate surface area is 228 Å². The van der Waals surface area contributed by atoms with Gasteiger partial charge in [-0.2, -0.15) is 9.61 Å². The first-order valence-electron chi connectivity index (χ1n) is 11.3. The lowest BCUT2D eigenvalue weighted by Crippen LogP contribution is -2.36. The normalized spacial score (nSPS) is 12.3. The number of benzene rings is 1. The number of fused-ring (bicyclic) bond motifs is 1.